The molecule has 1 aromatic carbocycles. The van der Waals surface area contributed by atoms with Crippen molar-refractivity contribution in [1.82, 2.24) is 5.32 Å². The lowest BCUT2D eigenvalue weighted by molar-refractivity contribution is -0.138. The van der Waals surface area contributed by atoms with Crippen LogP contribution in [0, 0.1) is 0 Å². The summed E-state index contributed by atoms with van der Waals surface area (Å²) in [7, 11) is 1.47. The fourth-order valence-corrected chi connectivity index (χ4v) is 3.18. The van der Waals surface area contributed by atoms with Crippen LogP contribution in [0.2, 0.25) is 0 Å². The number of aryl methyl sites for hydroxylation is 1. The van der Waals surface area contributed by atoms with Crippen LogP contribution >= 0.6 is 0 Å². The number of phenols is 1. The van der Waals surface area contributed by atoms with Crippen molar-refractivity contribution in [2.45, 2.75) is 56.8 Å². The Morgan fingerprint density at radius 3 is 2.64 bits per heavy atom. The quantitative estimate of drug-likeness (QED) is 0.530. The smallest absolute Gasteiger partial charge is 0.419 e. The van der Waals surface area contributed by atoms with E-state index in [1.165, 1.54) is 13.2 Å². The van der Waals surface area contributed by atoms with Crippen LogP contribution in [0.15, 0.2) is 18.2 Å². The molecule has 1 unspecified atom stereocenters. The summed E-state index contributed by atoms with van der Waals surface area (Å²) in [6.07, 6.45) is -3.56. The summed E-state index contributed by atoms with van der Waals surface area (Å²) in [6, 6.07) is 3.40. The van der Waals surface area contributed by atoms with Gasteiger partial charge in [-0.25, -0.2) is 4.79 Å². The molecule has 0 aliphatic carbocycles. The van der Waals surface area contributed by atoms with Gasteiger partial charge in [-0.3, -0.25) is 0 Å². The highest BCUT2D eigenvalue weighted by Gasteiger charge is 2.40. The molecule has 0 saturated carbocycles. The number of ether oxygens (including phenoxy) is 3. The van der Waals surface area contributed by atoms with Gasteiger partial charge in [0, 0.05) is 7.11 Å². The van der Waals surface area contributed by atoms with Gasteiger partial charge in [0.1, 0.15) is 18.1 Å². The maximum Gasteiger partial charge on any atom is 0.419 e. The van der Waals surface area contributed by atoms with Crippen LogP contribution in [0.1, 0.15) is 44.2 Å². The molecule has 2 rings (SSSR count). The van der Waals surface area contributed by atoms with Crippen LogP contribution in [-0.4, -0.2) is 42.8 Å². The number of aromatic hydroxyl groups is 1. The number of alkyl halides is 3. The number of carbonyl (C=O) groups excluding carboxylic acids is 1. The third-order valence-electron chi connectivity index (χ3n) is 4.78. The zero-order chi connectivity index (χ0) is 21.0. The fraction of sp³-hybridized carbons (Fsp3) is 0.632. The van der Waals surface area contributed by atoms with Crippen LogP contribution < -0.4 is 5.32 Å². The van der Waals surface area contributed by atoms with Crippen molar-refractivity contribution in [1.29, 1.82) is 0 Å². The Hall–Kier alpha value is -2.00. The fourth-order valence-electron chi connectivity index (χ4n) is 3.18. The lowest BCUT2D eigenvalue weighted by Gasteiger charge is -2.32. The second-order valence-corrected chi connectivity index (χ2v) is 7.66. The Balaban J connectivity index is 2.20. The molecular weight excluding hydrogens is 379 g/mol. The van der Waals surface area contributed by atoms with Crippen molar-refractivity contribution >= 4 is 6.09 Å². The van der Waals surface area contributed by atoms with Gasteiger partial charge in [-0.05, 0) is 57.2 Å². The number of phenolic OH excluding ortho intramolecular Hbond substituents is 1. The molecule has 9 heteroatoms. The molecule has 1 aliphatic heterocycles. The number of cyclic esters (lactones) is 1. The van der Waals surface area contributed by atoms with Crippen LogP contribution in [-0.2, 0) is 26.8 Å². The minimum atomic E-state index is -4.65. The van der Waals surface area contributed by atoms with Gasteiger partial charge in [-0.15, -0.1) is 0 Å². The SMILES string of the molecule is COCOCC1(CCc2ccc(O)c(C(F)(F)F)c2)CCC(C)(C)OC(=O)N1. The number of carbonyl (C=O) groups is 1. The molecule has 0 bridgehead atoms. The van der Waals surface area contributed by atoms with E-state index in [9.17, 15) is 23.1 Å². The van der Waals surface area contributed by atoms with Crippen molar-refractivity contribution in [3.63, 3.8) is 0 Å². The molecule has 0 spiro atoms. The van der Waals surface area contributed by atoms with Crippen LogP contribution in [0.4, 0.5) is 18.0 Å². The van der Waals surface area contributed by atoms with E-state index >= 15 is 0 Å². The minimum absolute atomic E-state index is 0.0271. The summed E-state index contributed by atoms with van der Waals surface area (Å²) in [5.74, 6) is -0.813. The van der Waals surface area contributed by atoms with E-state index in [-0.39, 0.29) is 19.8 Å². The normalized spacial score (nSPS) is 22.3. The first-order valence-corrected chi connectivity index (χ1v) is 8.93. The molecule has 2 N–H and O–H groups in total. The molecule has 0 aromatic heterocycles. The Morgan fingerprint density at radius 1 is 1.29 bits per heavy atom. The molecule has 1 amide bonds. The summed E-state index contributed by atoms with van der Waals surface area (Å²) in [6.45, 7) is 3.76. The Kier molecular flexibility index (Phi) is 6.82. The molecule has 0 radical (unpaired) electrons. The summed E-state index contributed by atoms with van der Waals surface area (Å²) in [4.78, 5) is 12.2. The number of nitrogens with one attached hydrogen (secondary N) is 1. The Morgan fingerprint density at radius 2 is 2.00 bits per heavy atom. The average molecular weight is 405 g/mol. The summed E-state index contributed by atoms with van der Waals surface area (Å²) < 4.78 is 54.8. The van der Waals surface area contributed by atoms with Crippen molar-refractivity contribution in [2.24, 2.45) is 0 Å². The first-order valence-electron chi connectivity index (χ1n) is 8.93. The van der Waals surface area contributed by atoms with E-state index in [1.807, 2.05) is 0 Å². The lowest BCUT2D eigenvalue weighted by atomic mass is 9.84. The second-order valence-electron chi connectivity index (χ2n) is 7.66. The highest BCUT2D eigenvalue weighted by atomic mass is 19.4. The molecule has 1 fully saturated rings. The predicted octanol–water partition coefficient (Wildman–Crippen LogP) is 4.00. The largest absolute Gasteiger partial charge is 0.507 e. The second kappa shape index (κ2) is 8.57. The molecule has 1 saturated heterocycles. The molecule has 28 heavy (non-hydrogen) atoms. The first kappa shape index (κ1) is 22.3. The van der Waals surface area contributed by atoms with E-state index in [4.69, 9.17) is 14.2 Å². The molecular formula is C19H26F3NO5. The summed E-state index contributed by atoms with van der Waals surface area (Å²) >= 11 is 0. The Bertz CT molecular complexity index is 693. The number of methoxy groups -OCH3 is 1. The molecule has 1 aliphatic rings. The van der Waals surface area contributed by atoms with Gasteiger partial charge in [0.25, 0.3) is 0 Å². The van der Waals surface area contributed by atoms with Gasteiger partial charge in [0.05, 0.1) is 17.7 Å². The number of alkyl carbamates (subject to hydrolysis) is 1. The van der Waals surface area contributed by atoms with Gasteiger partial charge in [0.15, 0.2) is 0 Å². The number of rotatable bonds is 7. The zero-order valence-corrected chi connectivity index (χ0v) is 16.2. The number of hydrogen-bond acceptors (Lipinski definition) is 5. The highest BCUT2D eigenvalue weighted by molar-refractivity contribution is 5.69. The highest BCUT2D eigenvalue weighted by Crippen LogP contribution is 2.37. The molecule has 1 aromatic rings. The molecule has 1 heterocycles. The number of hydrogen-bond donors (Lipinski definition) is 2. The number of halogens is 3. The van der Waals surface area contributed by atoms with Gasteiger partial charge in [-0.2, -0.15) is 13.2 Å². The molecule has 6 nitrogen and oxygen atoms in total. The molecule has 158 valence electrons. The molecule has 1 atom stereocenters. The first-order chi connectivity index (χ1) is 13.0. The van der Waals surface area contributed by atoms with E-state index < -0.39 is 34.7 Å². The van der Waals surface area contributed by atoms with Gasteiger partial charge in [0.2, 0.25) is 0 Å². The Labute approximate surface area is 162 Å². The minimum Gasteiger partial charge on any atom is -0.507 e. The topological polar surface area (TPSA) is 77.0 Å². The summed E-state index contributed by atoms with van der Waals surface area (Å²) in [5.41, 5.74) is -2.15. The van der Waals surface area contributed by atoms with Crippen LogP contribution in [0.3, 0.4) is 0 Å². The zero-order valence-electron chi connectivity index (χ0n) is 16.2. The van der Waals surface area contributed by atoms with E-state index in [2.05, 4.69) is 5.32 Å². The average Bonchev–Trinajstić information content (AvgIpc) is 2.69. The maximum atomic E-state index is 13.0. The van der Waals surface area contributed by atoms with Crippen molar-refractivity contribution < 1.29 is 37.3 Å². The maximum absolute atomic E-state index is 13.0. The van der Waals surface area contributed by atoms with E-state index in [1.54, 1.807) is 13.8 Å². The van der Waals surface area contributed by atoms with Crippen LogP contribution in [0.5, 0.6) is 5.75 Å². The summed E-state index contributed by atoms with van der Waals surface area (Å²) in [5, 5.41) is 12.3. The van der Waals surface area contributed by atoms with Crippen molar-refractivity contribution in [3.05, 3.63) is 29.3 Å². The lowest BCUT2D eigenvalue weighted by Crippen LogP contribution is -2.51. The van der Waals surface area contributed by atoms with Gasteiger partial charge in [-0.1, -0.05) is 6.07 Å². The van der Waals surface area contributed by atoms with E-state index in [0.29, 0.717) is 24.8 Å². The van der Waals surface area contributed by atoms with Crippen molar-refractivity contribution in [2.75, 3.05) is 20.5 Å². The standard InChI is InChI=1S/C19H26F3NO5/c1-17(2)8-9-18(11-27-12-26-3,23-16(25)28-17)7-6-13-4-5-15(24)14(10-13)19(20,21)22/h4-5,10,24H,6-9,11-12H2,1-3H3,(H,23,25). The number of amides is 1. The monoisotopic (exact) mass is 405 g/mol. The van der Waals surface area contributed by atoms with E-state index in [0.717, 1.165) is 12.1 Å². The number of benzene rings is 1. The third-order valence-corrected chi connectivity index (χ3v) is 4.78. The third kappa shape index (κ3) is 6.00. The predicted molar refractivity (Wildman–Crippen MR) is 94.9 cm³/mol. The van der Waals surface area contributed by atoms with Gasteiger partial charge < -0.3 is 24.6 Å². The van der Waals surface area contributed by atoms with Gasteiger partial charge >= 0.3 is 12.3 Å². The van der Waals surface area contributed by atoms with Crippen molar-refractivity contribution in [3.8, 4) is 5.75 Å². The van der Waals surface area contributed by atoms with Crippen LogP contribution in [0.25, 0.3) is 0 Å².